The van der Waals surface area contributed by atoms with Gasteiger partial charge in [0, 0.05) is 18.9 Å². The van der Waals surface area contributed by atoms with Gasteiger partial charge in [0.1, 0.15) is 5.82 Å². The van der Waals surface area contributed by atoms with E-state index in [1.165, 1.54) is 58.6 Å². The number of aryl methyl sites for hydroxylation is 1. The fourth-order valence-corrected chi connectivity index (χ4v) is 6.06. The maximum Gasteiger partial charge on any atom is 0.417 e. The molecule has 0 spiro atoms. The van der Waals surface area contributed by atoms with E-state index in [0.717, 1.165) is 6.07 Å². The van der Waals surface area contributed by atoms with Crippen molar-refractivity contribution in [2.45, 2.75) is 77.2 Å². The molecular formula is C34H36F4N6O4. The lowest BCUT2D eigenvalue weighted by Gasteiger charge is -2.27. The number of nitrogens with zero attached hydrogens (tertiary/aromatic N) is 5. The predicted octanol–water partition coefficient (Wildman–Crippen LogP) is 6.30. The molecule has 3 heterocycles. The van der Waals surface area contributed by atoms with Gasteiger partial charge in [0.2, 0.25) is 5.96 Å². The van der Waals surface area contributed by atoms with Crippen molar-refractivity contribution in [2.75, 3.05) is 6.54 Å². The quantitative estimate of drug-likeness (QED) is 0.182. The summed E-state index contributed by atoms with van der Waals surface area (Å²) < 4.78 is 55.5. The van der Waals surface area contributed by atoms with Gasteiger partial charge in [0.15, 0.2) is 5.54 Å². The molecule has 0 radical (unpaired) electrons. The van der Waals surface area contributed by atoms with Gasteiger partial charge in [-0.05, 0) is 73.4 Å². The number of carbonyl (C=O) groups excluding carboxylic acids is 2. The Morgan fingerprint density at radius 3 is 2.27 bits per heavy atom. The van der Waals surface area contributed by atoms with Crippen LogP contribution in [0.25, 0.3) is 0 Å². The van der Waals surface area contributed by atoms with Crippen molar-refractivity contribution < 1.29 is 37.1 Å². The molecule has 10 nitrogen and oxygen atoms in total. The molecule has 0 saturated heterocycles. The van der Waals surface area contributed by atoms with E-state index in [9.17, 15) is 37.1 Å². The fraction of sp³-hybridized carbons (Fsp3) is 0.412. The second kappa shape index (κ2) is 14.1. The summed E-state index contributed by atoms with van der Waals surface area (Å²) in [4.78, 5) is 54.4. The minimum Gasteiger partial charge on any atom is -0.465 e. The summed E-state index contributed by atoms with van der Waals surface area (Å²) in [5.41, 5.74) is -0.755. The Kier molecular flexibility index (Phi) is 10.1. The van der Waals surface area contributed by atoms with E-state index in [0.29, 0.717) is 61.0 Å². The van der Waals surface area contributed by atoms with Crippen LogP contribution in [0.5, 0.6) is 0 Å². The number of aliphatic imine (C=N–C) groups is 1. The number of fused-ring (bicyclic) bond motifs is 1. The van der Waals surface area contributed by atoms with Crippen molar-refractivity contribution in [3.63, 3.8) is 0 Å². The summed E-state index contributed by atoms with van der Waals surface area (Å²) in [5.74, 6) is -1.54. The number of alkyl halides is 3. The third kappa shape index (κ3) is 7.47. The van der Waals surface area contributed by atoms with E-state index in [-0.39, 0.29) is 31.5 Å². The van der Waals surface area contributed by atoms with Gasteiger partial charge in [0.05, 0.1) is 35.6 Å². The number of halogens is 4. The Hall–Kier alpha value is -4.88. The standard InChI is InChI=1S/C34H36F4N6O4/c1-21(2)13-14-33(23-8-10-24(35)11-9-23)30(46)44(31(42-33)41-32(47)48)17-5-3-4-6-22-7-12-26(34(36,37)38)25(18-22)29(45)43-19-27-28(20-43)40-16-15-39-27/h7-12,15-16,18,21H,3-6,13-14,17,19-20H2,1-2H3,(H,41,42)(H,47,48). The van der Waals surface area contributed by atoms with Gasteiger partial charge in [-0.3, -0.25) is 29.8 Å². The van der Waals surface area contributed by atoms with Crippen LogP contribution in [0, 0.1) is 11.7 Å². The molecule has 2 aliphatic rings. The van der Waals surface area contributed by atoms with Gasteiger partial charge in [-0.2, -0.15) is 13.2 Å². The lowest BCUT2D eigenvalue weighted by molar-refractivity contribution is -0.138. The molecule has 14 heteroatoms. The second-order valence-corrected chi connectivity index (χ2v) is 12.4. The molecular weight excluding hydrogens is 632 g/mol. The number of hydrogen-bond donors (Lipinski definition) is 2. The van der Waals surface area contributed by atoms with E-state index in [1.807, 2.05) is 13.8 Å². The van der Waals surface area contributed by atoms with Crippen LogP contribution < -0.4 is 5.32 Å². The van der Waals surface area contributed by atoms with Crippen molar-refractivity contribution in [3.05, 3.63) is 94.3 Å². The number of hydrogen-bond acceptors (Lipinski definition) is 6. The van der Waals surface area contributed by atoms with Crippen LogP contribution in [-0.4, -0.2) is 55.3 Å². The van der Waals surface area contributed by atoms with E-state index >= 15 is 0 Å². The molecule has 0 saturated carbocycles. The minimum absolute atomic E-state index is 0.0701. The van der Waals surface area contributed by atoms with Gasteiger partial charge >= 0.3 is 12.3 Å². The SMILES string of the molecule is CC(C)CCC1(c2ccc(F)cc2)N=C(NC(=O)O)N(CCCCCc2ccc(C(F)(F)F)c(C(=O)N3Cc4nccnc4C3)c2)C1=O. The predicted molar refractivity (Wildman–Crippen MR) is 167 cm³/mol. The van der Waals surface area contributed by atoms with Crippen LogP contribution in [0.4, 0.5) is 22.4 Å². The smallest absolute Gasteiger partial charge is 0.417 e. The van der Waals surface area contributed by atoms with Crippen molar-refractivity contribution in [1.82, 2.24) is 25.1 Å². The number of nitrogens with one attached hydrogen (secondary N) is 1. The van der Waals surface area contributed by atoms with Crippen LogP contribution in [0.15, 0.2) is 59.9 Å². The molecule has 3 aromatic rings. The summed E-state index contributed by atoms with van der Waals surface area (Å²) >= 11 is 0. The zero-order valence-electron chi connectivity index (χ0n) is 26.6. The summed E-state index contributed by atoms with van der Waals surface area (Å²) in [6, 6.07) is 9.02. The first-order valence-corrected chi connectivity index (χ1v) is 15.7. The molecule has 0 fully saturated rings. The Labute approximate surface area is 274 Å². The summed E-state index contributed by atoms with van der Waals surface area (Å²) in [7, 11) is 0. The highest BCUT2D eigenvalue weighted by Crippen LogP contribution is 2.39. The summed E-state index contributed by atoms with van der Waals surface area (Å²) in [6.45, 7) is 4.26. The zero-order chi connectivity index (χ0) is 34.6. The average molecular weight is 669 g/mol. The van der Waals surface area contributed by atoms with Crippen molar-refractivity contribution in [1.29, 1.82) is 0 Å². The Bertz CT molecular complexity index is 1690. The molecule has 48 heavy (non-hydrogen) atoms. The molecule has 0 bridgehead atoms. The topological polar surface area (TPSA) is 128 Å². The number of aromatic nitrogens is 2. The molecule has 254 valence electrons. The van der Waals surface area contributed by atoms with E-state index in [4.69, 9.17) is 0 Å². The summed E-state index contributed by atoms with van der Waals surface area (Å²) in [6.07, 6.45) is -0.384. The third-order valence-electron chi connectivity index (χ3n) is 8.57. The number of carboxylic acid groups (broad SMARTS) is 1. The monoisotopic (exact) mass is 668 g/mol. The van der Waals surface area contributed by atoms with Gasteiger partial charge in [-0.1, -0.05) is 38.5 Å². The van der Waals surface area contributed by atoms with Gasteiger partial charge in [-0.25, -0.2) is 14.2 Å². The van der Waals surface area contributed by atoms with Crippen LogP contribution >= 0.6 is 0 Å². The van der Waals surface area contributed by atoms with Crippen molar-refractivity contribution in [2.24, 2.45) is 10.9 Å². The van der Waals surface area contributed by atoms with E-state index in [2.05, 4.69) is 20.3 Å². The van der Waals surface area contributed by atoms with Crippen LogP contribution in [0.2, 0.25) is 0 Å². The van der Waals surface area contributed by atoms with Crippen LogP contribution in [0.3, 0.4) is 0 Å². The zero-order valence-corrected chi connectivity index (χ0v) is 26.6. The minimum atomic E-state index is -4.73. The molecule has 1 atom stereocenters. The number of guanidine groups is 1. The first-order chi connectivity index (χ1) is 22.8. The number of amides is 3. The first-order valence-electron chi connectivity index (χ1n) is 15.7. The van der Waals surface area contributed by atoms with Crippen LogP contribution in [0.1, 0.15) is 84.4 Å². The maximum atomic E-state index is 13.9. The van der Waals surface area contributed by atoms with Gasteiger partial charge < -0.3 is 10.0 Å². The third-order valence-corrected chi connectivity index (χ3v) is 8.57. The molecule has 1 unspecified atom stereocenters. The molecule has 5 rings (SSSR count). The van der Waals surface area contributed by atoms with Gasteiger partial charge in [0.25, 0.3) is 11.8 Å². The largest absolute Gasteiger partial charge is 0.465 e. The number of carbonyl (C=O) groups is 3. The number of benzene rings is 2. The normalized spacial score (nSPS) is 17.6. The van der Waals surface area contributed by atoms with Gasteiger partial charge in [-0.15, -0.1) is 0 Å². The lowest BCUT2D eigenvalue weighted by Crippen LogP contribution is -2.46. The summed E-state index contributed by atoms with van der Waals surface area (Å²) in [5, 5.41) is 11.7. The van der Waals surface area contributed by atoms with Crippen LogP contribution in [-0.2, 0) is 36.0 Å². The fourth-order valence-electron chi connectivity index (χ4n) is 6.06. The number of unbranched alkanes of at least 4 members (excludes halogenated alkanes) is 2. The first kappa shape index (κ1) is 34.5. The highest BCUT2D eigenvalue weighted by Gasteiger charge is 2.49. The Morgan fingerprint density at radius 1 is 1.00 bits per heavy atom. The molecule has 2 N–H and O–H groups in total. The highest BCUT2D eigenvalue weighted by molar-refractivity contribution is 6.11. The molecule has 1 aromatic heterocycles. The van der Waals surface area contributed by atoms with E-state index in [1.54, 1.807) is 0 Å². The van der Waals surface area contributed by atoms with Crippen molar-refractivity contribution in [3.8, 4) is 0 Å². The Morgan fingerprint density at radius 2 is 1.67 bits per heavy atom. The van der Waals surface area contributed by atoms with Crippen molar-refractivity contribution >= 4 is 23.9 Å². The molecule has 3 amide bonds. The molecule has 2 aliphatic heterocycles. The highest BCUT2D eigenvalue weighted by atomic mass is 19.4. The van der Waals surface area contributed by atoms with E-state index < -0.39 is 46.6 Å². The average Bonchev–Trinajstić information content (AvgIpc) is 3.58. The number of rotatable bonds is 11. The maximum absolute atomic E-state index is 13.9. The second-order valence-electron chi connectivity index (χ2n) is 12.4. The molecule has 2 aromatic carbocycles. The Balaban J connectivity index is 1.26. The lowest BCUT2D eigenvalue weighted by atomic mass is 9.83. The molecule has 0 aliphatic carbocycles.